The van der Waals surface area contributed by atoms with Crippen molar-refractivity contribution in [1.29, 1.82) is 0 Å². The second kappa shape index (κ2) is 11.9. The first-order valence-electron chi connectivity index (χ1n) is 11.6. The van der Waals surface area contributed by atoms with E-state index >= 15 is 0 Å². The molecule has 1 aromatic heterocycles. The fourth-order valence-electron chi connectivity index (χ4n) is 4.52. The van der Waals surface area contributed by atoms with Crippen molar-refractivity contribution in [2.45, 2.75) is 77.4 Å². The Hall–Kier alpha value is -2.07. The molecule has 0 radical (unpaired) electrons. The Kier molecular flexibility index (Phi) is 9.00. The average Bonchev–Trinajstić information content (AvgIpc) is 3.21. The fourth-order valence-corrected chi connectivity index (χ4v) is 4.52. The van der Waals surface area contributed by atoms with Gasteiger partial charge in [0, 0.05) is 0 Å². The number of furan rings is 1. The van der Waals surface area contributed by atoms with Crippen molar-refractivity contribution >= 4 is 5.97 Å². The van der Waals surface area contributed by atoms with Crippen molar-refractivity contribution in [3.63, 3.8) is 0 Å². The monoisotopic (exact) mass is 411 g/mol. The highest BCUT2D eigenvalue weighted by Gasteiger charge is 2.32. The predicted molar refractivity (Wildman–Crippen MR) is 120 cm³/mol. The van der Waals surface area contributed by atoms with Gasteiger partial charge in [0.25, 0.3) is 0 Å². The van der Waals surface area contributed by atoms with Gasteiger partial charge in [0.15, 0.2) is 0 Å². The topological polar surface area (TPSA) is 42.7 Å². The number of hydrogen-bond acceptors (Lipinski definition) is 4. The Balaban J connectivity index is 1.56. The van der Waals surface area contributed by atoms with Crippen molar-refractivity contribution < 1.29 is 13.9 Å². The van der Waals surface area contributed by atoms with Crippen LogP contribution in [0.5, 0.6) is 0 Å². The number of nitrogens with zero attached hydrogens (tertiary/aromatic N) is 1. The van der Waals surface area contributed by atoms with Crippen LogP contribution in [0.4, 0.5) is 0 Å². The summed E-state index contributed by atoms with van der Waals surface area (Å²) in [5, 5.41) is 0. The Labute approximate surface area is 181 Å². The van der Waals surface area contributed by atoms with Gasteiger partial charge in [0.2, 0.25) is 0 Å². The summed E-state index contributed by atoms with van der Waals surface area (Å²) >= 11 is 0. The maximum absolute atomic E-state index is 13.1. The van der Waals surface area contributed by atoms with Crippen LogP contribution < -0.4 is 0 Å². The molecule has 0 amide bonds. The fraction of sp³-hybridized carbons (Fsp3) is 0.577. The Bertz CT molecular complexity index is 749. The third kappa shape index (κ3) is 6.73. The molecular weight excluding hydrogens is 374 g/mol. The van der Waals surface area contributed by atoms with E-state index < -0.39 is 0 Å². The van der Waals surface area contributed by atoms with Crippen LogP contribution >= 0.6 is 0 Å². The zero-order chi connectivity index (χ0) is 21.2. The highest BCUT2D eigenvalue weighted by Crippen LogP contribution is 2.37. The van der Waals surface area contributed by atoms with Crippen LogP contribution in [0.3, 0.4) is 0 Å². The van der Waals surface area contributed by atoms with Gasteiger partial charge in [-0.25, -0.2) is 0 Å². The molecule has 1 heterocycles. The van der Waals surface area contributed by atoms with Gasteiger partial charge >= 0.3 is 5.97 Å². The second-order valence-corrected chi connectivity index (χ2v) is 8.71. The number of rotatable bonds is 11. The summed E-state index contributed by atoms with van der Waals surface area (Å²) in [5.74, 6) is 1.72. The zero-order valence-corrected chi connectivity index (χ0v) is 18.6. The molecule has 2 aromatic rings. The van der Waals surface area contributed by atoms with E-state index in [9.17, 15) is 4.79 Å². The standard InChI is InChI=1S/C26H37NO3/c1-3-4-11-18-27(2)19-23-16-17-24(30-23)20-29-26(28)25(21-12-7-5-8-13-21)22-14-9-6-10-15-22/h5,7-8,12-13,16-17,22,25H,3-4,6,9-11,14-15,18-20H2,1-2H3. The third-order valence-corrected chi connectivity index (χ3v) is 6.18. The normalized spacial score (nSPS) is 16.0. The van der Waals surface area contributed by atoms with Crippen LogP contribution in [0.2, 0.25) is 0 Å². The van der Waals surface area contributed by atoms with Crippen molar-refractivity contribution in [2.24, 2.45) is 5.92 Å². The highest BCUT2D eigenvalue weighted by atomic mass is 16.5. The molecule has 1 fully saturated rings. The van der Waals surface area contributed by atoms with Gasteiger partial charge in [-0.1, -0.05) is 69.4 Å². The molecule has 0 spiro atoms. The van der Waals surface area contributed by atoms with E-state index in [1.807, 2.05) is 30.3 Å². The van der Waals surface area contributed by atoms with Crippen molar-refractivity contribution in [1.82, 2.24) is 4.90 Å². The minimum atomic E-state index is -0.175. The minimum Gasteiger partial charge on any atom is -0.461 e. The van der Waals surface area contributed by atoms with Crippen molar-refractivity contribution in [3.05, 3.63) is 59.5 Å². The Morgan fingerprint density at radius 3 is 2.53 bits per heavy atom. The van der Waals surface area contributed by atoms with E-state index in [-0.39, 0.29) is 18.5 Å². The van der Waals surface area contributed by atoms with Gasteiger partial charge in [-0.05, 0) is 56.5 Å². The molecule has 4 nitrogen and oxygen atoms in total. The maximum Gasteiger partial charge on any atom is 0.314 e. The summed E-state index contributed by atoms with van der Waals surface area (Å²) in [5.41, 5.74) is 1.07. The number of carbonyl (C=O) groups is 1. The highest BCUT2D eigenvalue weighted by molar-refractivity contribution is 5.78. The van der Waals surface area contributed by atoms with E-state index in [1.165, 1.54) is 38.5 Å². The molecule has 30 heavy (non-hydrogen) atoms. The van der Waals surface area contributed by atoms with Crippen LogP contribution in [-0.2, 0) is 22.7 Å². The van der Waals surface area contributed by atoms with Crippen LogP contribution in [0, 0.1) is 5.92 Å². The summed E-state index contributed by atoms with van der Waals surface area (Å²) in [6.45, 7) is 4.27. The number of esters is 1. The summed E-state index contributed by atoms with van der Waals surface area (Å²) in [4.78, 5) is 15.4. The van der Waals surface area contributed by atoms with Gasteiger partial charge in [-0.3, -0.25) is 9.69 Å². The molecule has 0 saturated heterocycles. The summed E-state index contributed by atoms with van der Waals surface area (Å²) in [6.07, 6.45) is 9.58. The molecule has 1 atom stereocenters. The first-order chi connectivity index (χ1) is 14.7. The number of ether oxygens (including phenoxy) is 1. The zero-order valence-electron chi connectivity index (χ0n) is 18.6. The van der Waals surface area contributed by atoms with Crippen LogP contribution in [-0.4, -0.2) is 24.5 Å². The molecule has 0 aliphatic heterocycles. The summed E-state index contributed by atoms with van der Waals surface area (Å²) in [7, 11) is 2.12. The predicted octanol–water partition coefficient (Wildman–Crippen LogP) is 6.31. The van der Waals surface area contributed by atoms with E-state index in [0.29, 0.717) is 5.92 Å². The van der Waals surface area contributed by atoms with E-state index in [4.69, 9.17) is 9.15 Å². The molecule has 1 aromatic carbocycles. The second-order valence-electron chi connectivity index (χ2n) is 8.71. The van der Waals surface area contributed by atoms with Crippen molar-refractivity contribution in [3.8, 4) is 0 Å². The largest absolute Gasteiger partial charge is 0.461 e. The van der Waals surface area contributed by atoms with Crippen LogP contribution in [0.25, 0.3) is 0 Å². The van der Waals surface area contributed by atoms with Crippen LogP contribution in [0.1, 0.15) is 81.3 Å². The van der Waals surface area contributed by atoms with E-state index in [1.54, 1.807) is 0 Å². The van der Waals surface area contributed by atoms with Crippen LogP contribution in [0.15, 0.2) is 46.9 Å². The molecule has 1 saturated carbocycles. The number of hydrogen-bond donors (Lipinski definition) is 0. The molecule has 1 unspecified atom stereocenters. The lowest BCUT2D eigenvalue weighted by Crippen LogP contribution is -2.25. The molecular formula is C26H37NO3. The molecule has 3 rings (SSSR count). The smallest absolute Gasteiger partial charge is 0.314 e. The molecule has 1 aliphatic rings. The lowest BCUT2D eigenvalue weighted by atomic mass is 9.77. The molecule has 164 valence electrons. The minimum absolute atomic E-state index is 0.122. The molecule has 1 aliphatic carbocycles. The average molecular weight is 412 g/mol. The van der Waals surface area contributed by atoms with Gasteiger partial charge in [-0.2, -0.15) is 0 Å². The molecule has 0 bridgehead atoms. The summed E-state index contributed by atoms with van der Waals surface area (Å²) < 4.78 is 11.7. The number of unbranched alkanes of at least 4 members (excludes halogenated alkanes) is 2. The van der Waals surface area contributed by atoms with Gasteiger partial charge < -0.3 is 9.15 Å². The van der Waals surface area contributed by atoms with Gasteiger partial charge in [-0.15, -0.1) is 0 Å². The first-order valence-corrected chi connectivity index (χ1v) is 11.6. The third-order valence-electron chi connectivity index (χ3n) is 6.18. The lowest BCUT2D eigenvalue weighted by molar-refractivity contribution is -0.149. The quantitative estimate of drug-likeness (QED) is 0.321. The molecule has 0 N–H and O–H groups in total. The molecule has 4 heteroatoms. The summed E-state index contributed by atoms with van der Waals surface area (Å²) in [6, 6.07) is 14.1. The number of benzene rings is 1. The van der Waals surface area contributed by atoms with E-state index in [2.05, 4.69) is 31.0 Å². The Morgan fingerprint density at radius 1 is 1.07 bits per heavy atom. The SMILES string of the molecule is CCCCCN(C)Cc1ccc(COC(=O)C(c2ccccc2)C2CCCCC2)o1. The Morgan fingerprint density at radius 2 is 1.80 bits per heavy atom. The van der Waals surface area contributed by atoms with Gasteiger partial charge in [0.1, 0.15) is 18.1 Å². The maximum atomic E-state index is 13.1. The van der Waals surface area contributed by atoms with Gasteiger partial charge in [0.05, 0.1) is 12.5 Å². The number of carbonyl (C=O) groups excluding carboxylic acids is 1. The van der Waals surface area contributed by atoms with Crippen molar-refractivity contribution in [2.75, 3.05) is 13.6 Å². The van der Waals surface area contributed by atoms with E-state index in [0.717, 1.165) is 43.0 Å². The lowest BCUT2D eigenvalue weighted by Gasteiger charge is -2.29. The first kappa shape index (κ1) is 22.6.